The summed E-state index contributed by atoms with van der Waals surface area (Å²) in [4.78, 5) is 17.5. The van der Waals surface area contributed by atoms with E-state index in [1.807, 2.05) is 56.3 Å². The van der Waals surface area contributed by atoms with Crippen molar-refractivity contribution in [1.82, 2.24) is 14.8 Å². The SMILES string of the molecule is Cc1ccc(CNc2nc(-c3ccco3)nn2C(=O)c2cccc(C)c2)cc1. The van der Waals surface area contributed by atoms with E-state index in [-0.39, 0.29) is 5.91 Å². The highest BCUT2D eigenvalue weighted by Crippen LogP contribution is 2.20. The van der Waals surface area contributed by atoms with Gasteiger partial charge in [-0.2, -0.15) is 9.67 Å². The van der Waals surface area contributed by atoms with Gasteiger partial charge in [0.15, 0.2) is 5.76 Å². The Morgan fingerprint density at radius 3 is 2.57 bits per heavy atom. The summed E-state index contributed by atoms with van der Waals surface area (Å²) in [5.74, 6) is 0.991. The lowest BCUT2D eigenvalue weighted by molar-refractivity contribution is 0.0947. The molecule has 6 heteroatoms. The summed E-state index contributed by atoms with van der Waals surface area (Å²) >= 11 is 0. The van der Waals surface area contributed by atoms with Crippen LogP contribution in [-0.2, 0) is 6.54 Å². The maximum Gasteiger partial charge on any atom is 0.281 e. The summed E-state index contributed by atoms with van der Waals surface area (Å²) in [5.41, 5.74) is 3.84. The van der Waals surface area contributed by atoms with Crippen LogP contribution in [0.3, 0.4) is 0 Å². The summed E-state index contributed by atoms with van der Waals surface area (Å²) in [6.07, 6.45) is 1.55. The Morgan fingerprint density at radius 1 is 1.04 bits per heavy atom. The number of aromatic nitrogens is 3. The average molecular weight is 372 g/mol. The lowest BCUT2D eigenvalue weighted by Crippen LogP contribution is -2.17. The first kappa shape index (κ1) is 17.7. The first-order valence-electron chi connectivity index (χ1n) is 9.02. The molecule has 0 aliphatic rings. The van der Waals surface area contributed by atoms with E-state index in [1.54, 1.807) is 24.5 Å². The van der Waals surface area contributed by atoms with Crippen LogP contribution in [0.25, 0.3) is 11.6 Å². The molecule has 2 heterocycles. The van der Waals surface area contributed by atoms with E-state index in [2.05, 4.69) is 15.4 Å². The van der Waals surface area contributed by atoms with Gasteiger partial charge in [0.05, 0.1) is 6.26 Å². The normalized spacial score (nSPS) is 10.8. The Morgan fingerprint density at radius 2 is 1.86 bits per heavy atom. The Kier molecular flexibility index (Phi) is 4.76. The summed E-state index contributed by atoms with van der Waals surface area (Å²) in [6, 6.07) is 19.1. The molecular weight excluding hydrogens is 352 g/mol. The molecule has 0 aliphatic carbocycles. The van der Waals surface area contributed by atoms with Gasteiger partial charge < -0.3 is 9.73 Å². The monoisotopic (exact) mass is 372 g/mol. The molecule has 0 fully saturated rings. The summed E-state index contributed by atoms with van der Waals surface area (Å²) in [5, 5.41) is 7.61. The summed E-state index contributed by atoms with van der Waals surface area (Å²) in [6.45, 7) is 4.52. The van der Waals surface area contributed by atoms with Crippen molar-refractivity contribution < 1.29 is 9.21 Å². The predicted molar refractivity (Wildman–Crippen MR) is 107 cm³/mol. The molecule has 0 saturated carbocycles. The third kappa shape index (κ3) is 3.71. The van der Waals surface area contributed by atoms with Crippen LogP contribution in [-0.4, -0.2) is 20.7 Å². The molecule has 0 aliphatic heterocycles. The summed E-state index contributed by atoms with van der Waals surface area (Å²) in [7, 11) is 0. The van der Waals surface area contributed by atoms with E-state index in [0.29, 0.717) is 29.6 Å². The molecule has 4 rings (SSSR count). The minimum atomic E-state index is -0.250. The fourth-order valence-electron chi connectivity index (χ4n) is 2.87. The number of carbonyl (C=O) groups excluding carboxylic acids is 1. The molecule has 2 aromatic carbocycles. The van der Waals surface area contributed by atoms with Gasteiger partial charge in [0.25, 0.3) is 5.91 Å². The molecule has 0 amide bonds. The largest absolute Gasteiger partial charge is 0.461 e. The van der Waals surface area contributed by atoms with Gasteiger partial charge in [-0.3, -0.25) is 4.79 Å². The lowest BCUT2D eigenvalue weighted by Gasteiger charge is -2.08. The third-order valence-corrected chi connectivity index (χ3v) is 4.38. The van der Waals surface area contributed by atoms with Crippen LogP contribution in [0.15, 0.2) is 71.3 Å². The summed E-state index contributed by atoms with van der Waals surface area (Å²) < 4.78 is 6.68. The highest BCUT2D eigenvalue weighted by molar-refractivity contribution is 5.97. The molecule has 4 aromatic rings. The Hall–Kier alpha value is -3.67. The van der Waals surface area contributed by atoms with Gasteiger partial charge in [-0.15, -0.1) is 5.10 Å². The van der Waals surface area contributed by atoms with Crippen LogP contribution in [0.1, 0.15) is 27.0 Å². The van der Waals surface area contributed by atoms with E-state index in [0.717, 1.165) is 11.1 Å². The minimum absolute atomic E-state index is 0.250. The number of hydrogen-bond acceptors (Lipinski definition) is 5. The number of nitrogens with one attached hydrogen (secondary N) is 1. The van der Waals surface area contributed by atoms with E-state index in [9.17, 15) is 4.79 Å². The molecule has 0 bridgehead atoms. The first-order valence-corrected chi connectivity index (χ1v) is 9.02. The Balaban J connectivity index is 1.67. The number of aryl methyl sites for hydroxylation is 2. The second-order valence-corrected chi connectivity index (χ2v) is 6.66. The van der Waals surface area contributed by atoms with Crippen molar-refractivity contribution in [2.45, 2.75) is 20.4 Å². The zero-order chi connectivity index (χ0) is 19.5. The molecule has 0 radical (unpaired) electrons. The number of furan rings is 1. The quantitative estimate of drug-likeness (QED) is 0.560. The highest BCUT2D eigenvalue weighted by atomic mass is 16.3. The van der Waals surface area contributed by atoms with Crippen LogP contribution in [0.5, 0.6) is 0 Å². The Labute approximate surface area is 162 Å². The molecule has 2 aromatic heterocycles. The molecule has 0 atom stereocenters. The second-order valence-electron chi connectivity index (χ2n) is 6.66. The van der Waals surface area contributed by atoms with E-state index in [4.69, 9.17) is 4.42 Å². The fraction of sp³-hybridized carbons (Fsp3) is 0.136. The van der Waals surface area contributed by atoms with Crippen molar-refractivity contribution in [1.29, 1.82) is 0 Å². The maximum absolute atomic E-state index is 13.0. The number of carbonyl (C=O) groups is 1. The van der Waals surface area contributed by atoms with Crippen LogP contribution in [0.4, 0.5) is 5.95 Å². The van der Waals surface area contributed by atoms with Gasteiger partial charge in [0.2, 0.25) is 11.8 Å². The van der Waals surface area contributed by atoms with Crippen molar-refractivity contribution in [3.63, 3.8) is 0 Å². The van der Waals surface area contributed by atoms with Crippen molar-refractivity contribution in [3.05, 3.63) is 89.2 Å². The maximum atomic E-state index is 13.0. The number of benzene rings is 2. The lowest BCUT2D eigenvalue weighted by atomic mass is 10.1. The van der Waals surface area contributed by atoms with Gasteiger partial charge in [-0.1, -0.05) is 47.5 Å². The molecule has 0 spiro atoms. The highest BCUT2D eigenvalue weighted by Gasteiger charge is 2.20. The zero-order valence-electron chi connectivity index (χ0n) is 15.7. The molecule has 0 unspecified atom stereocenters. The van der Waals surface area contributed by atoms with Crippen molar-refractivity contribution in [2.24, 2.45) is 0 Å². The average Bonchev–Trinajstić information content (AvgIpc) is 3.37. The van der Waals surface area contributed by atoms with Gasteiger partial charge >= 0.3 is 0 Å². The Bertz CT molecular complexity index is 1100. The molecule has 1 N–H and O–H groups in total. The van der Waals surface area contributed by atoms with E-state index in [1.165, 1.54) is 10.2 Å². The standard InChI is InChI=1S/C22H20N4O2/c1-15-8-10-17(11-9-15)14-23-22-24-20(19-7-4-12-28-19)25-26(22)21(27)18-6-3-5-16(2)13-18/h3-13H,14H2,1-2H3,(H,23,24,25). The predicted octanol–water partition coefficient (Wildman–Crippen LogP) is 4.46. The fourth-order valence-corrected chi connectivity index (χ4v) is 2.87. The van der Waals surface area contributed by atoms with Crippen LogP contribution >= 0.6 is 0 Å². The van der Waals surface area contributed by atoms with Crippen LogP contribution in [0.2, 0.25) is 0 Å². The van der Waals surface area contributed by atoms with Gasteiger partial charge in [0, 0.05) is 12.1 Å². The number of nitrogens with zero attached hydrogens (tertiary/aromatic N) is 3. The molecular formula is C22H20N4O2. The van der Waals surface area contributed by atoms with Gasteiger partial charge in [-0.05, 0) is 43.7 Å². The number of hydrogen-bond donors (Lipinski definition) is 1. The first-order chi connectivity index (χ1) is 13.6. The van der Waals surface area contributed by atoms with E-state index < -0.39 is 0 Å². The zero-order valence-corrected chi connectivity index (χ0v) is 15.7. The second kappa shape index (κ2) is 7.52. The molecule has 140 valence electrons. The minimum Gasteiger partial charge on any atom is -0.461 e. The van der Waals surface area contributed by atoms with Gasteiger partial charge in [-0.25, -0.2) is 0 Å². The number of anilines is 1. The third-order valence-electron chi connectivity index (χ3n) is 4.38. The van der Waals surface area contributed by atoms with Crippen LogP contribution < -0.4 is 5.32 Å². The number of rotatable bonds is 5. The van der Waals surface area contributed by atoms with E-state index >= 15 is 0 Å². The topological polar surface area (TPSA) is 73.0 Å². The molecule has 28 heavy (non-hydrogen) atoms. The molecule has 0 saturated heterocycles. The van der Waals surface area contributed by atoms with Crippen molar-refractivity contribution in [3.8, 4) is 11.6 Å². The van der Waals surface area contributed by atoms with Crippen molar-refractivity contribution in [2.75, 3.05) is 5.32 Å². The molecule has 6 nitrogen and oxygen atoms in total. The van der Waals surface area contributed by atoms with Gasteiger partial charge in [0.1, 0.15) is 0 Å². The van der Waals surface area contributed by atoms with Crippen molar-refractivity contribution >= 4 is 11.9 Å². The van der Waals surface area contributed by atoms with Crippen LogP contribution in [0, 0.1) is 13.8 Å². The smallest absolute Gasteiger partial charge is 0.281 e.